The van der Waals surface area contributed by atoms with Crippen molar-refractivity contribution in [2.24, 2.45) is 5.92 Å². The first kappa shape index (κ1) is 19.8. The van der Waals surface area contributed by atoms with E-state index < -0.39 is 0 Å². The number of nitrogens with one attached hydrogen (secondary N) is 2. The van der Waals surface area contributed by atoms with Crippen LogP contribution in [0, 0.1) is 24.2 Å². The van der Waals surface area contributed by atoms with E-state index in [1.807, 2.05) is 6.92 Å². The molecule has 7 nitrogen and oxygen atoms in total. The molecule has 1 aliphatic rings. The highest BCUT2D eigenvalue weighted by molar-refractivity contribution is 9.10. The molecule has 27 heavy (non-hydrogen) atoms. The topological polar surface area (TPSA) is 103 Å². The Morgan fingerprint density at radius 3 is 3.04 bits per heavy atom. The zero-order valence-corrected chi connectivity index (χ0v) is 17.0. The predicted octanol–water partition coefficient (Wildman–Crippen LogP) is 3.78. The highest BCUT2D eigenvalue weighted by atomic mass is 79.9. The number of aliphatic hydroxyl groups excluding tert-OH is 1. The summed E-state index contributed by atoms with van der Waals surface area (Å²) in [5, 5.41) is 25.7. The second-order valence-electron chi connectivity index (χ2n) is 6.29. The van der Waals surface area contributed by atoms with Crippen LogP contribution < -0.4 is 10.6 Å². The normalized spacial score (nSPS) is 19.4. The second kappa shape index (κ2) is 8.85. The van der Waals surface area contributed by atoms with Gasteiger partial charge >= 0.3 is 0 Å². The molecule has 2 unspecified atom stereocenters. The van der Waals surface area contributed by atoms with Crippen molar-refractivity contribution in [2.45, 2.75) is 26.0 Å². The Morgan fingerprint density at radius 1 is 1.48 bits per heavy atom. The van der Waals surface area contributed by atoms with E-state index in [1.54, 1.807) is 18.3 Å². The Labute approximate surface area is 170 Å². The van der Waals surface area contributed by atoms with Crippen molar-refractivity contribution < 1.29 is 9.84 Å². The van der Waals surface area contributed by atoms with Crippen LogP contribution in [-0.2, 0) is 11.3 Å². The molecule has 9 heteroatoms. The van der Waals surface area contributed by atoms with Crippen LogP contribution in [0.1, 0.15) is 17.5 Å². The quantitative estimate of drug-likeness (QED) is 0.634. The zero-order valence-electron chi connectivity index (χ0n) is 14.7. The van der Waals surface area contributed by atoms with Gasteiger partial charge in [-0.1, -0.05) is 11.6 Å². The molecule has 0 amide bonds. The van der Waals surface area contributed by atoms with E-state index in [0.717, 1.165) is 5.56 Å². The van der Waals surface area contributed by atoms with Gasteiger partial charge in [-0.2, -0.15) is 10.2 Å². The summed E-state index contributed by atoms with van der Waals surface area (Å²) in [6.07, 6.45) is 2.40. The predicted molar refractivity (Wildman–Crippen MR) is 107 cm³/mol. The number of nitriles is 1. The molecule has 0 bridgehead atoms. The lowest BCUT2D eigenvalue weighted by molar-refractivity contribution is 0.0698. The average Bonchev–Trinajstić information content (AvgIpc) is 2.67. The number of aryl methyl sites for hydroxylation is 1. The van der Waals surface area contributed by atoms with Gasteiger partial charge in [-0.3, -0.25) is 0 Å². The maximum atomic E-state index is 9.45. The third kappa shape index (κ3) is 4.68. The van der Waals surface area contributed by atoms with E-state index in [2.05, 4.69) is 42.6 Å². The molecule has 2 heterocycles. The molecule has 0 spiro atoms. The summed E-state index contributed by atoms with van der Waals surface area (Å²) in [5.74, 6) is 0.909. The summed E-state index contributed by atoms with van der Waals surface area (Å²) >= 11 is 9.54. The maximum Gasteiger partial charge on any atom is 0.229 e. The van der Waals surface area contributed by atoms with Gasteiger partial charge in [-0.05, 0) is 47.0 Å². The molecule has 1 aliphatic heterocycles. The van der Waals surface area contributed by atoms with Crippen molar-refractivity contribution in [2.75, 3.05) is 23.8 Å². The summed E-state index contributed by atoms with van der Waals surface area (Å²) < 4.78 is 6.14. The summed E-state index contributed by atoms with van der Waals surface area (Å²) in [6.45, 7) is 2.82. The molecule has 1 saturated heterocycles. The first-order valence-corrected chi connectivity index (χ1v) is 9.62. The van der Waals surface area contributed by atoms with E-state index >= 15 is 0 Å². The van der Waals surface area contributed by atoms with Crippen LogP contribution in [0.15, 0.2) is 22.8 Å². The summed E-state index contributed by atoms with van der Waals surface area (Å²) in [6, 6.07) is 5.71. The molecular formula is C18H19BrClN5O2. The summed E-state index contributed by atoms with van der Waals surface area (Å²) in [5.41, 5.74) is 2.19. The molecule has 0 saturated carbocycles. The minimum atomic E-state index is -0.144. The fraction of sp³-hybridized carbons (Fsp3) is 0.389. The third-order valence-electron chi connectivity index (χ3n) is 4.35. The van der Waals surface area contributed by atoms with Crippen molar-refractivity contribution in [1.82, 2.24) is 9.97 Å². The molecule has 0 radical (unpaired) electrons. The number of anilines is 3. The molecular weight excluding hydrogens is 434 g/mol. The van der Waals surface area contributed by atoms with E-state index in [9.17, 15) is 10.4 Å². The highest BCUT2D eigenvalue weighted by Gasteiger charge is 2.26. The molecule has 3 N–H and O–H groups in total. The van der Waals surface area contributed by atoms with Crippen LogP contribution in [-0.4, -0.2) is 34.3 Å². The number of rotatable bonds is 5. The van der Waals surface area contributed by atoms with Gasteiger partial charge in [0.05, 0.1) is 36.3 Å². The lowest BCUT2D eigenvalue weighted by Crippen LogP contribution is -2.38. The number of hydrogen-bond acceptors (Lipinski definition) is 7. The molecule has 2 atom stereocenters. The molecule has 3 rings (SSSR count). The minimum absolute atomic E-state index is 0.117. The van der Waals surface area contributed by atoms with Gasteiger partial charge in [0, 0.05) is 28.5 Å². The van der Waals surface area contributed by atoms with Crippen LogP contribution in [0.25, 0.3) is 0 Å². The van der Waals surface area contributed by atoms with Crippen molar-refractivity contribution >= 4 is 45.0 Å². The average molecular weight is 453 g/mol. The highest BCUT2D eigenvalue weighted by Crippen LogP contribution is 2.31. The maximum absolute atomic E-state index is 9.45. The number of hydrogen-bond donors (Lipinski definition) is 3. The zero-order chi connectivity index (χ0) is 19.4. The summed E-state index contributed by atoms with van der Waals surface area (Å²) in [4.78, 5) is 8.82. The smallest absolute Gasteiger partial charge is 0.229 e. The Hall–Kier alpha value is -1.92. The lowest BCUT2D eigenvalue weighted by Gasteiger charge is -2.28. The van der Waals surface area contributed by atoms with Gasteiger partial charge in [0.15, 0.2) is 0 Å². The Balaban J connectivity index is 1.81. The molecule has 2 aromatic rings. The van der Waals surface area contributed by atoms with Gasteiger partial charge in [0.2, 0.25) is 5.95 Å². The molecule has 1 aromatic heterocycles. The fourth-order valence-corrected chi connectivity index (χ4v) is 3.41. The number of halogens is 2. The van der Waals surface area contributed by atoms with E-state index in [1.165, 1.54) is 0 Å². The van der Waals surface area contributed by atoms with Crippen LogP contribution in [0.4, 0.5) is 17.5 Å². The Kier molecular flexibility index (Phi) is 6.50. The lowest BCUT2D eigenvalue weighted by atomic mass is 9.96. The Bertz CT molecular complexity index is 874. The second-order valence-corrected chi connectivity index (χ2v) is 7.49. The van der Waals surface area contributed by atoms with Crippen LogP contribution in [0.5, 0.6) is 0 Å². The largest absolute Gasteiger partial charge is 0.392 e. The van der Waals surface area contributed by atoms with Gasteiger partial charge in [-0.25, -0.2) is 4.98 Å². The van der Waals surface area contributed by atoms with Crippen LogP contribution in [0.3, 0.4) is 0 Å². The van der Waals surface area contributed by atoms with Gasteiger partial charge in [-0.15, -0.1) is 0 Å². The van der Waals surface area contributed by atoms with E-state index in [-0.39, 0.29) is 18.6 Å². The van der Waals surface area contributed by atoms with E-state index in [4.69, 9.17) is 16.3 Å². The van der Waals surface area contributed by atoms with E-state index in [0.29, 0.717) is 52.1 Å². The van der Waals surface area contributed by atoms with Gasteiger partial charge in [0.25, 0.3) is 0 Å². The number of aliphatic hydroxyl groups is 1. The first-order chi connectivity index (χ1) is 13.0. The fourth-order valence-electron chi connectivity index (χ4n) is 2.82. The standard InChI is InChI=1S/C18H19BrClN5O2/c1-10-7-22-18(23-13-4-12(8-26)16(19)14(20)5-13)25-17(10)24-15-9-27-3-2-11(15)6-21/h4-5,7,11,15,26H,2-3,8-9H2,1H3,(H2,22,23,24,25). The number of aromatic nitrogens is 2. The van der Waals surface area contributed by atoms with Crippen molar-refractivity contribution in [1.29, 1.82) is 5.26 Å². The van der Waals surface area contributed by atoms with Crippen LogP contribution in [0.2, 0.25) is 5.02 Å². The van der Waals surface area contributed by atoms with Crippen molar-refractivity contribution in [3.05, 3.63) is 39.0 Å². The Morgan fingerprint density at radius 2 is 2.30 bits per heavy atom. The molecule has 0 aliphatic carbocycles. The van der Waals surface area contributed by atoms with Crippen molar-refractivity contribution in [3.8, 4) is 6.07 Å². The van der Waals surface area contributed by atoms with Gasteiger partial charge in [0.1, 0.15) is 5.82 Å². The number of benzene rings is 1. The third-order valence-corrected chi connectivity index (χ3v) is 5.81. The minimum Gasteiger partial charge on any atom is -0.392 e. The summed E-state index contributed by atoms with van der Waals surface area (Å²) in [7, 11) is 0. The molecule has 1 aromatic carbocycles. The number of ether oxygens (including phenoxy) is 1. The SMILES string of the molecule is Cc1cnc(Nc2cc(Cl)c(Br)c(CO)c2)nc1NC1COCCC1C#N. The first-order valence-electron chi connectivity index (χ1n) is 8.45. The monoisotopic (exact) mass is 451 g/mol. The van der Waals surface area contributed by atoms with Crippen molar-refractivity contribution in [3.63, 3.8) is 0 Å². The van der Waals surface area contributed by atoms with Gasteiger partial charge < -0.3 is 20.5 Å². The molecule has 1 fully saturated rings. The molecule has 142 valence electrons. The number of nitrogens with zero attached hydrogens (tertiary/aromatic N) is 3. The van der Waals surface area contributed by atoms with Crippen LogP contribution >= 0.6 is 27.5 Å².